The molecule has 2 aromatic carbocycles. The third-order valence-electron chi connectivity index (χ3n) is 3.13. The number of aromatic amines is 1. The molecule has 3 aromatic rings. The van der Waals surface area contributed by atoms with E-state index < -0.39 is 5.92 Å². The minimum atomic E-state index is -0.912. The zero-order chi connectivity index (χ0) is 13.9. The Labute approximate surface area is 115 Å². The van der Waals surface area contributed by atoms with Gasteiger partial charge in [-0.15, -0.1) is 0 Å². The van der Waals surface area contributed by atoms with E-state index in [0.29, 0.717) is 11.4 Å². The quantitative estimate of drug-likeness (QED) is 0.737. The number of nitrogens with one attached hydrogen (secondary N) is 1. The van der Waals surface area contributed by atoms with E-state index in [0.717, 1.165) is 11.0 Å². The summed E-state index contributed by atoms with van der Waals surface area (Å²) in [6.45, 7) is 0. The first-order valence-electron chi connectivity index (χ1n) is 6.23. The minimum absolute atomic E-state index is 0.243. The number of fused-ring (bicyclic) bond motifs is 1. The van der Waals surface area contributed by atoms with Gasteiger partial charge in [0.1, 0.15) is 5.82 Å². The summed E-state index contributed by atoms with van der Waals surface area (Å²) < 4.78 is 0. The summed E-state index contributed by atoms with van der Waals surface area (Å²) in [5.74, 6) is -0.764. The molecule has 0 fully saturated rings. The highest BCUT2D eigenvalue weighted by atomic mass is 16.1. The Morgan fingerprint density at radius 3 is 2.50 bits per heavy atom. The highest BCUT2D eigenvalue weighted by molar-refractivity contribution is 6.02. The predicted molar refractivity (Wildman–Crippen MR) is 75.2 cm³/mol. The molecule has 0 aliphatic heterocycles. The van der Waals surface area contributed by atoms with Gasteiger partial charge in [0.25, 0.3) is 0 Å². The summed E-state index contributed by atoms with van der Waals surface area (Å²) in [5.41, 5.74) is 2.09. The summed E-state index contributed by atoms with van der Waals surface area (Å²) in [6, 6.07) is 18.3. The smallest absolute Gasteiger partial charge is 0.187 e. The molecule has 96 valence electrons. The Morgan fingerprint density at radius 2 is 1.80 bits per heavy atom. The molecular formula is C16H11N3O. The van der Waals surface area contributed by atoms with E-state index in [9.17, 15) is 10.1 Å². The van der Waals surface area contributed by atoms with Crippen LogP contribution in [0.4, 0.5) is 0 Å². The van der Waals surface area contributed by atoms with Gasteiger partial charge in [0.2, 0.25) is 0 Å². The molecule has 0 amide bonds. The Hall–Kier alpha value is -2.93. The Morgan fingerprint density at radius 1 is 1.10 bits per heavy atom. The molecule has 0 aliphatic carbocycles. The normalized spacial score (nSPS) is 11.9. The number of imidazole rings is 1. The molecule has 0 unspecified atom stereocenters. The number of benzene rings is 2. The van der Waals surface area contributed by atoms with Crippen LogP contribution in [0.3, 0.4) is 0 Å². The summed E-state index contributed by atoms with van der Waals surface area (Å²) in [4.78, 5) is 19.7. The number of rotatable bonds is 3. The van der Waals surface area contributed by atoms with Gasteiger partial charge in [0.05, 0.1) is 17.1 Å². The lowest BCUT2D eigenvalue weighted by Crippen LogP contribution is -2.12. The fourth-order valence-electron chi connectivity index (χ4n) is 2.12. The van der Waals surface area contributed by atoms with Crippen molar-refractivity contribution >= 4 is 16.8 Å². The first kappa shape index (κ1) is 12.1. The van der Waals surface area contributed by atoms with Crippen LogP contribution in [0.15, 0.2) is 54.6 Å². The van der Waals surface area contributed by atoms with Crippen molar-refractivity contribution in [2.24, 2.45) is 0 Å². The van der Waals surface area contributed by atoms with Crippen molar-refractivity contribution in [2.45, 2.75) is 5.92 Å². The summed E-state index contributed by atoms with van der Waals surface area (Å²) >= 11 is 0. The van der Waals surface area contributed by atoms with Crippen molar-refractivity contribution in [1.29, 1.82) is 5.26 Å². The number of nitriles is 1. The van der Waals surface area contributed by atoms with Crippen LogP contribution < -0.4 is 0 Å². The lowest BCUT2D eigenvalue weighted by Gasteiger charge is -2.04. The topological polar surface area (TPSA) is 69.5 Å². The number of ketones is 1. The molecule has 1 aromatic heterocycles. The van der Waals surface area contributed by atoms with Crippen molar-refractivity contribution in [1.82, 2.24) is 9.97 Å². The molecule has 0 aliphatic rings. The molecule has 1 heterocycles. The summed E-state index contributed by atoms with van der Waals surface area (Å²) in [7, 11) is 0. The zero-order valence-electron chi connectivity index (χ0n) is 10.6. The number of hydrogen-bond donors (Lipinski definition) is 1. The largest absolute Gasteiger partial charge is 0.340 e. The lowest BCUT2D eigenvalue weighted by atomic mass is 9.98. The van der Waals surface area contributed by atoms with Gasteiger partial charge >= 0.3 is 0 Å². The van der Waals surface area contributed by atoms with E-state index in [4.69, 9.17) is 0 Å². The maximum absolute atomic E-state index is 12.4. The van der Waals surface area contributed by atoms with Gasteiger partial charge in [-0.2, -0.15) is 5.26 Å². The van der Waals surface area contributed by atoms with E-state index in [2.05, 4.69) is 9.97 Å². The van der Waals surface area contributed by atoms with Crippen molar-refractivity contribution in [2.75, 3.05) is 0 Å². The molecule has 1 N–H and O–H groups in total. The van der Waals surface area contributed by atoms with E-state index in [1.807, 2.05) is 36.4 Å². The van der Waals surface area contributed by atoms with Crippen LogP contribution in [-0.2, 0) is 0 Å². The zero-order valence-corrected chi connectivity index (χ0v) is 10.6. The molecule has 0 radical (unpaired) electrons. The van der Waals surface area contributed by atoms with Crippen LogP contribution in [0.1, 0.15) is 22.1 Å². The number of carbonyl (C=O) groups excluding carboxylic acids is 1. The Kier molecular flexibility index (Phi) is 3.02. The molecule has 4 heteroatoms. The average Bonchev–Trinajstić information content (AvgIpc) is 2.92. The second-order valence-electron chi connectivity index (χ2n) is 4.43. The van der Waals surface area contributed by atoms with Gasteiger partial charge in [-0.1, -0.05) is 42.5 Å². The van der Waals surface area contributed by atoms with Crippen LogP contribution in [0.25, 0.3) is 11.0 Å². The van der Waals surface area contributed by atoms with Gasteiger partial charge in [0, 0.05) is 5.56 Å². The summed E-state index contributed by atoms with van der Waals surface area (Å²) in [6.07, 6.45) is 0. The van der Waals surface area contributed by atoms with Gasteiger partial charge in [0.15, 0.2) is 11.7 Å². The minimum Gasteiger partial charge on any atom is -0.340 e. The van der Waals surface area contributed by atoms with Crippen LogP contribution in [0.2, 0.25) is 0 Å². The SMILES string of the molecule is N#C[C@H](C(=O)c1ccccc1)c1nc2ccccc2[nH]1. The van der Waals surface area contributed by atoms with Crippen LogP contribution >= 0.6 is 0 Å². The molecule has 0 saturated heterocycles. The van der Waals surface area contributed by atoms with E-state index >= 15 is 0 Å². The maximum atomic E-state index is 12.4. The van der Waals surface area contributed by atoms with Crippen LogP contribution in [-0.4, -0.2) is 15.8 Å². The van der Waals surface area contributed by atoms with Crippen molar-refractivity contribution in [3.8, 4) is 6.07 Å². The molecule has 3 rings (SSSR count). The van der Waals surface area contributed by atoms with Gasteiger partial charge in [-0.3, -0.25) is 4.79 Å². The standard InChI is InChI=1S/C16H11N3O/c17-10-12(15(20)11-6-2-1-3-7-11)16-18-13-8-4-5-9-14(13)19-16/h1-9,12H,(H,18,19)/t12-/m1/s1. The number of nitrogens with zero attached hydrogens (tertiary/aromatic N) is 2. The number of para-hydroxylation sites is 2. The molecular weight excluding hydrogens is 250 g/mol. The third kappa shape index (κ3) is 2.06. The van der Waals surface area contributed by atoms with E-state index in [-0.39, 0.29) is 5.78 Å². The molecule has 0 spiro atoms. The van der Waals surface area contributed by atoms with Crippen LogP contribution in [0, 0.1) is 11.3 Å². The Balaban J connectivity index is 2.02. The van der Waals surface area contributed by atoms with Crippen LogP contribution in [0.5, 0.6) is 0 Å². The average molecular weight is 261 g/mol. The number of carbonyl (C=O) groups is 1. The van der Waals surface area contributed by atoms with Gasteiger partial charge < -0.3 is 4.98 Å². The predicted octanol–water partition coefficient (Wildman–Crippen LogP) is 3.05. The number of H-pyrrole nitrogens is 1. The number of hydrogen-bond acceptors (Lipinski definition) is 3. The monoisotopic (exact) mass is 261 g/mol. The lowest BCUT2D eigenvalue weighted by molar-refractivity contribution is 0.0976. The number of Topliss-reactive ketones (excluding diaryl/α,β-unsaturated/α-hetero) is 1. The number of aromatic nitrogens is 2. The highest BCUT2D eigenvalue weighted by Crippen LogP contribution is 2.21. The third-order valence-corrected chi connectivity index (χ3v) is 3.13. The van der Waals surface area contributed by atoms with E-state index in [1.54, 1.807) is 24.3 Å². The molecule has 0 saturated carbocycles. The first-order chi connectivity index (χ1) is 9.79. The second-order valence-corrected chi connectivity index (χ2v) is 4.43. The first-order valence-corrected chi connectivity index (χ1v) is 6.23. The van der Waals surface area contributed by atoms with Gasteiger partial charge in [-0.25, -0.2) is 4.98 Å². The fourth-order valence-corrected chi connectivity index (χ4v) is 2.12. The molecule has 4 nitrogen and oxygen atoms in total. The van der Waals surface area contributed by atoms with Crippen molar-refractivity contribution in [3.05, 3.63) is 66.0 Å². The van der Waals surface area contributed by atoms with E-state index in [1.165, 1.54) is 0 Å². The fraction of sp³-hybridized carbons (Fsp3) is 0.0625. The molecule has 1 atom stereocenters. The molecule has 0 bridgehead atoms. The summed E-state index contributed by atoms with van der Waals surface area (Å²) in [5, 5.41) is 9.31. The highest BCUT2D eigenvalue weighted by Gasteiger charge is 2.24. The second kappa shape index (κ2) is 4.98. The maximum Gasteiger partial charge on any atom is 0.187 e. The Bertz CT molecular complexity index is 766. The molecule has 20 heavy (non-hydrogen) atoms. The van der Waals surface area contributed by atoms with Gasteiger partial charge in [-0.05, 0) is 12.1 Å². The van der Waals surface area contributed by atoms with Crippen molar-refractivity contribution in [3.63, 3.8) is 0 Å². The van der Waals surface area contributed by atoms with Crippen molar-refractivity contribution < 1.29 is 4.79 Å².